The molecule has 0 aromatic heterocycles. The summed E-state index contributed by atoms with van der Waals surface area (Å²) in [5.74, 6) is 0.945. The smallest absolute Gasteiger partial charge is 0.226 e. The Morgan fingerprint density at radius 2 is 1.86 bits per heavy atom. The Balaban J connectivity index is 1.75. The van der Waals surface area contributed by atoms with Crippen LogP contribution in [-0.2, 0) is 4.79 Å². The highest BCUT2D eigenvalue weighted by Crippen LogP contribution is 2.14. The van der Waals surface area contributed by atoms with Gasteiger partial charge in [-0.05, 0) is 24.3 Å². The lowest BCUT2D eigenvalue weighted by atomic mass is 10.1. The van der Waals surface area contributed by atoms with Crippen molar-refractivity contribution in [3.8, 4) is 5.75 Å². The zero-order valence-corrected chi connectivity index (χ0v) is 12.4. The Hall–Kier alpha value is -1.88. The summed E-state index contributed by atoms with van der Waals surface area (Å²) in [6, 6.07) is 7.08. The number of hydrogen-bond acceptors (Lipinski definition) is 4. The highest BCUT2D eigenvalue weighted by molar-refractivity contribution is 5.95. The number of piperazine rings is 1. The van der Waals surface area contributed by atoms with Crippen LogP contribution in [0.1, 0.15) is 30.1 Å². The molecule has 1 aromatic rings. The molecule has 0 atom stereocenters. The Morgan fingerprint density at radius 3 is 2.48 bits per heavy atom. The normalized spacial score (nSPS) is 14.8. The zero-order valence-electron chi connectivity index (χ0n) is 12.4. The molecule has 1 aromatic carbocycles. The van der Waals surface area contributed by atoms with Gasteiger partial charge in [0, 0.05) is 38.2 Å². The number of ether oxygens (including phenoxy) is 1. The van der Waals surface area contributed by atoms with Crippen molar-refractivity contribution in [2.45, 2.75) is 19.8 Å². The van der Waals surface area contributed by atoms with Crippen molar-refractivity contribution in [1.29, 1.82) is 0 Å². The van der Waals surface area contributed by atoms with Gasteiger partial charge in [0.2, 0.25) is 5.91 Å². The molecular formula is C16H22N2O3. The fourth-order valence-electron chi connectivity index (χ4n) is 2.27. The Bertz CT molecular complexity index is 479. The molecule has 5 heteroatoms. The molecule has 21 heavy (non-hydrogen) atoms. The van der Waals surface area contributed by atoms with E-state index >= 15 is 0 Å². The quantitative estimate of drug-likeness (QED) is 0.806. The maximum absolute atomic E-state index is 11.9. The molecule has 1 amide bonds. The van der Waals surface area contributed by atoms with E-state index < -0.39 is 0 Å². The molecular weight excluding hydrogens is 268 g/mol. The molecule has 0 radical (unpaired) electrons. The Labute approximate surface area is 125 Å². The van der Waals surface area contributed by atoms with Crippen molar-refractivity contribution in [2.24, 2.45) is 0 Å². The number of carbonyl (C=O) groups excluding carboxylic acids is 2. The molecule has 1 saturated heterocycles. The summed E-state index contributed by atoms with van der Waals surface area (Å²) in [5.41, 5.74) is 0.696. The lowest BCUT2D eigenvalue weighted by Crippen LogP contribution is -2.46. The second-order valence-electron chi connectivity index (χ2n) is 5.03. The van der Waals surface area contributed by atoms with E-state index in [0.29, 0.717) is 30.8 Å². The van der Waals surface area contributed by atoms with E-state index in [2.05, 4.69) is 5.32 Å². The van der Waals surface area contributed by atoms with Crippen molar-refractivity contribution in [2.75, 3.05) is 32.8 Å². The van der Waals surface area contributed by atoms with E-state index in [-0.39, 0.29) is 11.7 Å². The Kier molecular flexibility index (Phi) is 5.75. The van der Waals surface area contributed by atoms with Gasteiger partial charge in [-0.25, -0.2) is 0 Å². The van der Waals surface area contributed by atoms with Crippen molar-refractivity contribution < 1.29 is 14.3 Å². The third kappa shape index (κ3) is 4.56. The van der Waals surface area contributed by atoms with Crippen LogP contribution in [0.15, 0.2) is 24.3 Å². The van der Waals surface area contributed by atoms with Crippen LogP contribution in [0.25, 0.3) is 0 Å². The van der Waals surface area contributed by atoms with E-state index in [0.717, 1.165) is 26.2 Å². The van der Waals surface area contributed by atoms with Crippen LogP contribution >= 0.6 is 0 Å². The first-order chi connectivity index (χ1) is 10.2. The maximum Gasteiger partial charge on any atom is 0.226 e. The summed E-state index contributed by atoms with van der Waals surface area (Å²) in [6.45, 7) is 5.47. The summed E-state index contributed by atoms with van der Waals surface area (Å²) in [7, 11) is 0. The molecule has 0 spiro atoms. The summed E-state index contributed by atoms with van der Waals surface area (Å²) in [6.07, 6.45) is 0.884. The molecule has 0 saturated carbocycles. The molecule has 1 fully saturated rings. The van der Waals surface area contributed by atoms with Gasteiger partial charge in [-0.15, -0.1) is 0 Å². The number of ketones is 1. The van der Waals surface area contributed by atoms with Gasteiger partial charge in [-0.3, -0.25) is 9.59 Å². The lowest BCUT2D eigenvalue weighted by molar-refractivity contribution is -0.132. The van der Waals surface area contributed by atoms with Crippen LogP contribution < -0.4 is 10.1 Å². The Morgan fingerprint density at radius 1 is 1.19 bits per heavy atom. The van der Waals surface area contributed by atoms with Gasteiger partial charge in [0.05, 0.1) is 13.0 Å². The van der Waals surface area contributed by atoms with Gasteiger partial charge in [0.15, 0.2) is 5.78 Å². The van der Waals surface area contributed by atoms with Gasteiger partial charge >= 0.3 is 0 Å². The summed E-state index contributed by atoms with van der Waals surface area (Å²) in [5, 5.41) is 3.22. The largest absolute Gasteiger partial charge is 0.493 e. The number of rotatable bonds is 6. The SMILES string of the molecule is CCC(=O)c1ccc(OCCC(=O)N2CCNCC2)cc1. The van der Waals surface area contributed by atoms with Crippen LogP contribution in [0.2, 0.25) is 0 Å². The fourth-order valence-corrected chi connectivity index (χ4v) is 2.27. The van der Waals surface area contributed by atoms with E-state index in [4.69, 9.17) is 4.74 Å². The van der Waals surface area contributed by atoms with E-state index in [1.165, 1.54) is 0 Å². The number of amides is 1. The molecule has 0 aliphatic carbocycles. The van der Waals surface area contributed by atoms with Gasteiger partial charge in [-0.1, -0.05) is 6.92 Å². The highest BCUT2D eigenvalue weighted by atomic mass is 16.5. The average molecular weight is 290 g/mol. The van der Waals surface area contributed by atoms with Crippen LogP contribution in [0, 0.1) is 0 Å². The fraction of sp³-hybridized carbons (Fsp3) is 0.500. The standard InChI is InChI=1S/C16H22N2O3/c1-2-15(19)13-3-5-14(6-4-13)21-12-7-16(20)18-10-8-17-9-11-18/h3-6,17H,2,7-12H2,1H3. The van der Waals surface area contributed by atoms with Crippen LogP contribution in [0.3, 0.4) is 0 Å². The molecule has 114 valence electrons. The molecule has 0 bridgehead atoms. The molecule has 2 rings (SSSR count). The first-order valence-electron chi connectivity index (χ1n) is 7.45. The predicted molar refractivity (Wildman–Crippen MR) is 80.6 cm³/mol. The monoisotopic (exact) mass is 290 g/mol. The topological polar surface area (TPSA) is 58.6 Å². The summed E-state index contributed by atoms with van der Waals surface area (Å²) >= 11 is 0. The molecule has 1 aliphatic heterocycles. The van der Waals surface area contributed by atoms with Gasteiger partial charge < -0.3 is 15.0 Å². The highest BCUT2D eigenvalue weighted by Gasteiger charge is 2.15. The minimum atomic E-state index is 0.121. The molecule has 5 nitrogen and oxygen atoms in total. The number of Topliss-reactive ketones (excluding diaryl/α,β-unsaturated/α-hetero) is 1. The average Bonchev–Trinajstić information content (AvgIpc) is 2.55. The summed E-state index contributed by atoms with van der Waals surface area (Å²) in [4.78, 5) is 25.3. The minimum Gasteiger partial charge on any atom is -0.493 e. The lowest BCUT2D eigenvalue weighted by Gasteiger charge is -2.27. The van der Waals surface area contributed by atoms with E-state index in [1.54, 1.807) is 24.3 Å². The van der Waals surface area contributed by atoms with Crippen molar-refractivity contribution in [3.63, 3.8) is 0 Å². The number of hydrogen-bond donors (Lipinski definition) is 1. The van der Waals surface area contributed by atoms with Crippen LogP contribution in [0.5, 0.6) is 5.75 Å². The minimum absolute atomic E-state index is 0.121. The van der Waals surface area contributed by atoms with E-state index in [1.807, 2.05) is 11.8 Å². The van der Waals surface area contributed by atoms with Crippen LogP contribution in [-0.4, -0.2) is 49.4 Å². The first kappa shape index (κ1) is 15.5. The van der Waals surface area contributed by atoms with Crippen molar-refractivity contribution in [1.82, 2.24) is 10.2 Å². The predicted octanol–water partition coefficient (Wildman–Crippen LogP) is 1.48. The second kappa shape index (κ2) is 7.78. The second-order valence-corrected chi connectivity index (χ2v) is 5.03. The van der Waals surface area contributed by atoms with Gasteiger partial charge in [0.25, 0.3) is 0 Å². The van der Waals surface area contributed by atoms with Crippen molar-refractivity contribution >= 4 is 11.7 Å². The van der Waals surface area contributed by atoms with Gasteiger partial charge in [0.1, 0.15) is 5.75 Å². The number of nitrogens with zero attached hydrogens (tertiary/aromatic N) is 1. The molecule has 1 aliphatic rings. The van der Waals surface area contributed by atoms with Crippen LogP contribution in [0.4, 0.5) is 0 Å². The number of benzene rings is 1. The number of nitrogens with one attached hydrogen (secondary N) is 1. The van der Waals surface area contributed by atoms with E-state index in [9.17, 15) is 9.59 Å². The number of carbonyl (C=O) groups is 2. The third-order valence-corrected chi connectivity index (χ3v) is 3.55. The molecule has 0 unspecified atom stereocenters. The zero-order chi connectivity index (χ0) is 15.1. The van der Waals surface area contributed by atoms with Crippen molar-refractivity contribution in [3.05, 3.63) is 29.8 Å². The molecule has 1 heterocycles. The maximum atomic E-state index is 11.9. The summed E-state index contributed by atoms with van der Waals surface area (Å²) < 4.78 is 5.56. The first-order valence-corrected chi connectivity index (χ1v) is 7.45. The molecule has 1 N–H and O–H groups in total. The van der Waals surface area contributed by atoms with Gasteiger partial charge in [-0.2, -0.15) is 0 Å². The third-order valence-electron chi connectivity index (χ3n) is 3.55.